The van der Waals surface area contributed by atoms with Crippen molar-refractivity contribution in [2.75, 3.05) is 19.8 Å². The average Bonchev–Trinajstić information content (AvgIpc) is 2.61. The first-order valence-corrected chi connectivity index (χ1v) is 11.1. The predicted molar refractivity (Wildman–Crippen MR) is 97.8 cm³/mol. The average molecular weight is 409 g/mol. The van der Waals surface area contributed by atoms with Crippen LogP contribution in [-0.2, 0) is 41.9 Å². The van der Waals surface area contributed by atoms with Gasteiger partial charge in [-0.2, -0.15) is 0 Å². The molecule has 0 heterocycles. The maximum atomic E-state index is 12.0. The van der Waals surface area contributed by atoms with Crippen molar-refractivity contribution < 1.29 is 41.9 Å². The van der Waals surface area contributed by atoms with Crippen LogP contribution in [-0.4, -0.2) is 64.8 Å². The lowest BCUT2D eigenvalue weighted by Crippen LogP contribution is -2.54. The van der Waals surface area contributed by atoms with Gasteiger partial charge < -0.3 is 27.5 Å². The Bertz CT molecular complexity index is 418. The molecule has 158 valence electrons. The summed E-state index contributed by atoms with van der Waals surface area (Å²) in [7, 11) is -3.64. The Morgan fingerprint density at radius 2 is 0.889 bits per heavy atom. The first-order valence-electron chi connectivity index (χ1n) is 9.19. The highest BCUT2D eigenvalue weighted by Crippen LogP contribution is 2.23. The second-order valence-electron chi connectivity index (χ2n) is 5.57. The number of hydrogen-bond acceptors (Lipinski definition) is 9. The van der Waals surface area contributed by atoms with Gasteiger partial charge in [0.05, 0.1) is 19.8 Å². The third-order valence-corrected chi connectivity index (χ3v) is 6.36. The molecule has 9 nitrogen and oxygen atoms in total. The molecule has 0 aromatic carbocycles. The number of esters is 3. The lowest BCUT2D eigenvalue weighted by Gasteiger charge is -2.34. The SMILES string of the molecule is CCOC(=O)C(C)O[Si](CC)(OC(C)C(=O)OCC)OC(C)C(=O)OCC. The molecular weight excluding hydrogens is 376 g/mol. The molecule has 0 fully saturated rings. The molecule has 0 amide bonds. The molecule has 3 unspecified atom stereocenters. The number of hydrogen-bond donors (Lipinski definition) is 0. The highest BCUT2D eigenvalue weighted by molar-refractivity contribution is 6.61. The molecule has 10 heteroatoms. The Labute approximate surface area is 161 Å². The molecule has 0 rings (SSSR count). The van der Waals surface area contributed by atoms with Gasteiger partial charge in [-0.1, -0.05) is 6.92 Å². The van der Waals surface area contributed by atoms with E-state index in [9.17, 15) is 14.4 Å². The number of carbonyl (C=O) groups excluding carboxylic acids is 3. The minimum atomic E-state index is -3.64. The largest absolute Gasteiger partial charge is 0.502 e. The van der Waals surface area contributed by atoms with Gasteiger partial charge in [-0.25, -0.2) is 14.4 Å². The standard InChI is InChI=1S/C17H32O9Si/c1-8-21-15(18)12(5)24-27(11-4,25-13(6)16(19)22-9-2)26-14(7)17(20)23-10-3/h12-14H,8-11H2,1-7H3. The lowest BCUT2D eigenvalue weighted by atomic mass is 10.4. The zero-order valence-corrected chi connectivity index (χ0v) is 18.2. The minimum absolute atomic E-state index is 0.188. The highest BCUT2D eigenvalue weighted by Gasteiger charge is 2.48. The van der Waals surface area contributed by atoms with E-state index in [-0.39, 0.29) is 25.9 Å². The van der Waals surface area contributed by atoms with E-state index in [1.54, 1.807) is 27.7 Å². The molecular formula is C17H32O9Si. The van der Waals surface area contributed by atoms with Crippen LogP contribution in [0.2, 0.25) is 6.04 Å². The molecule has 0 bridgehead atoms. The van der Waals surface area contributed by atoms with Crippen LogP contribution in [0.15, 0.2) is 0 Å². The molecule has 27 heavy (non-hydrogen) atoms. The normalized spacial score (nSPS) is 16.6. The summed E-state index contributed by atoms with van der Waals surface area (Å²) < 4.78 is 32.2. The summed E-state index contributed by atoms with van der Waals surface area (Å²) in [6.45, 7) is 11.8. The van der Waals surface area contributed by atoms with Crippen molar-refractivity contribution in [2.24, 2.45) is 0 Å². The lowest BCUT2D eigenvalue weighted by molar-refractivity contribution is -0.161. The Hall–Kier alpha value is -1.49. The van der Waals surface area contributed by atoms with Gasteiger partial charge in [0.15, 0.2) is 0 Å². The molecule has 0 aliphatic rings. The molecule has 0 N–H and O–H groups in total. The van der Waals surface area contributed by atoms with Crippen molar-refractivity contribution in [3.63, 3.8) is 0 Å². The van der Waals surface area contributed by atoms with E-state index in [0.717, 1.165) is 0 Å². The highest BCUT2D eigenvalue weighted by atomic mass is 28.4. The molecule has 0 radical (unpaired) electrons. The summed E-state index contributed by atoms with van der Waals surface area (Å²) in [6, 6.07) is 0.213. The van der Waals surface area contributed by atoms with Crippen LogP contribution in [0, 0.1) is 0 Å². The fourth-order valence-corrected chi connectivity index (χ4v) is 4.64. The zero-order valence-electron chi connectivity index (χ0n) is 17.2. The minimum Gasteiger partial charge on any atom is -0.464 e. The van der Waals surface area contributed by atoms with Crippen molar-refractivity contribution in [1.29, 1.82) is 0 Å². The molecule has 0 aliphatic carbocycles. The summed E-state index contributed by atoms with van der Waals surface area (Å²) in [5.74, 6) is -1.78. The predicted octanol–water partition coefficient (Wildman–Crippen LogP) is 1.85. The summed E-state index contributed by atoms with van der Waals surface area (Å²) in [5, 5.41) is 0. The molecule has 3 atom stereocenters. The van der Waals surface area contributed by atoms with Gasteiger partial charge >= 0.3 is 26.7 Å². The van der Waals surface area contributed by atoms with E-state index in [1.807, 2.05) is 0 Å². The van der Waals surface area contributed by atoms with Gasteiger partial charge in [-0.05, 0) is 41.5 Å². The van der Waals surface area contributed by atoms with Gasteiger partial charge in [0.1, 0.15) is 18.3 Å². The quantitative estimate of drug-likeness (QED) is 0.256. The number of ether oxygens (including phenoxy) is 3. The molecule has 0 spiro atoms. The second kappa shape index (κ2) is 12.8. The Balaban J connectivity index is 5.49. The zero-order chi connectivity index (χ0) is 21.0. The molecule has 0 aromatic heterocycles. The fraction of sp³-hybridized carbons (Fsp3) is 0.824. The maximum Gasteiger partial charge on any atom is 0.502 e. The monoisotopic (exact) mass is 408 g/mol. The van der Waals surface area contributed by atoms with Gasteiger partial charge in [0, 0.05) is 6.04 Å². The van der Waals surface area contributed by atoms with Crippen LogP contribution in [0.4, 0.5) is 0 Å². The van der Waals surface area contributed by atoms with E-state index in [0.29, 0.717) is 0 Å². The smallest absolute Gasteiger partial charge is 0.464 e. The van der Waals surface area contributed by atoms with Crippen molar-refractivity contribution >= 4 is 26.7 Å². The van der Waals surface area contributed by atoms with Gasteiger partial charge in [-0.3, -0.25) is 0 Å². The third kappa shape index (κ3) is 8.82. The van der Waals surface area contributed by atoms with E-state index in [2.05, 4.69) is 0 Å². The Morgan fingerprint density at radius 3 is 1.07 bits per heavy atom. The molecule has 0 saturated heterocycles. The summed E-state index contributed by atoms with van der Waals surface area (Å²) in [4.78, 5) is 35.9. The number of carbonyl (C=O) groups is 3. The van der Waals surface area contributed by atoms with Crippen molar-refractivity contribution in [3.8, 4) is 0 Å². The van der Waals surface area contributed by atoms with E-state index >= 15 is 0 Å². The summed E-state index contributed by atoms with van der Waals surface area (Å²) in [5.41, 5.74) is 0. The van der Waals surface area contributed by atoms with Gasteiger partial charge in [0.25, 0.3) is 0 Å². The van der Waals surface area contributed by atoms with Crippen LogP contribution in [0.1, 0.15) is 48.5 Å². The van der Waals surface area contributed by atoms with Crippen LogP contribution in [0.3, 0.4) is 0 Å². The van der Waals surface area contributed by atoms with Gasteiger partial charge in [0.2, 0.25) is 0 Å². The van der Waals surface area contributed by atoms with E-state index < -0.39 is 45.0 Å². The first kappa shape index (κ1) is 25.5. The van der Waals surface area contributed by atoms with Crippen molar-refractivity contribution in [1.82, 2.24) is 0 Å². The first-order chi connectivity index (χ1) is 12.7. The summed E-state index contributed by atoms with van der Waals surface area (Å²) >= 11 is 0. The number of rotatable bonds is 13. The van der Waals surface area contributed by atoms with Crippen LogP contribution in [0.25, 0.3) is 0 Å². The molecule has 0 saturated carbocycles. The van der Waals surface area contributed by atoms with Crippen molar-refractivity contribution in [3.05, 3.63) is 0 Å². The summed E-state index contributed by atoms with van der Waals surface area (Å²) in [6.07, 6.45) is -3.00. The van der Waals surface area contributed by atoms with Crippen LogP contribution >= 0.6 is 0 Å². The van der Waals surface area contributed by atoms with E-state index in [1.165, 1.54) is 20.8 Å². The van der Waals surface area contributed by atoms with Crippen LogP contribution < -0.4 is 0 Å². The molecule has 0 aliphatic heterocycles. The fourth-order valence-electron chi connectivity index (χ4n) is 2.06. The van der Waals surface area contributed by atoms with E-state index in [4.69, 9.17) is 27.5 Å². The maximum absolute atomic E-state index is 12.0. The Morgan fingerprint density at radius 1 is 0.630 bits per heavy atom. The Kier molecular flexibility index (Phi) is 12.1. The second-order valence-corrected chi connectivity index (χ2v) is 8.35. The van der Waals surface area contributed by atoms with Crippen molar-refractivity contribution in [2.45, 2.75) is 72.8 Å². The van der Waals surface area contributed by atoms with Gasteiger partial charge in [-0.15, -0.1) is 0 Å². The van der Waals surface area contributed by atoms with Crippen LogP contribution in [0.5, 0.6) is 0 Å². The third-order valence-electron chi connectivity index (χ3n) is 3.36. The topological polar surface area (TPSA) is 107 Å². The molecule has 0 aromatic rings.